The number of imidazole rings is 1. The van der Waals surface area contributed by atoms with Gasteiger partial charge in [0.15, 0.2) is 0 Å². The van der Waals surface area contributed by atoms with Crippen molar-refractivity contribution in [2.24, 2.45) is 7.05 Å². The summed E-state index contributed by atoms with van der Waals surface area (Å²) in [6.07, 6.45) is 0. The minimum atomic E-state index is -3.42. The Morgan fingerprint density at radius 2 is 1.74 bits per heavy atom. The van der Waals surface area contributed by atoms with Gasteiger partial charge in [0.1, 0.15) is 5.82 Å². The number of aromatic nitrogens is 2. The molecule has 1 aliphatic heterocycles. The Labute approximate surface area is 159 Å². The van der Waals surface area contributed by atoms with Gasteiger partial charge in [0.25, 0.3) is 0 Å². The first-order valence-electron chi connectivity index (χ1n) is 8.93. The van der Waals surface area contributed by atoms with Gasteiger partial charge in [-0.05, 0) is 30.3 Å². The van der Waals surface area contributed by atoms with Crippen molar-refractivity contribution in [3.63, 3.8) is 0 Å². The molecule has 2 N–H and O–H groups in total. The van der Waals surface area contributed by atoms with Crippen LogP contribution in [-0.2, 0) is 23.6 Å². The fourth-order valence-electron chi connectivity index (χ4n) is 3.48. The zero-order valence-electron chi connectivity index (χ0n) is 15.2. The van der Waals surface area contributed by atoms with Crippen LogP contribution >= 0.6 is 0 Å². The largest absolute Gasteiger partial charge is 0.399 e. The number of nitrogens with two attached hydrogens (primary N) is 1. The lowest BCUT2D eigenvalue weighted by atomic mass is 10.3. The van der Waals surface area contributed by atoms with Crippen LogP contribution in [0.5, 0.6) is 0 Å². The minimum absolute atomic E-state index is 0.353. The highest BCUT2D eigenvalue weighted by Gasteiger charge is 2.28. The second-order valence-electron chi connectivity index (χ2n) is 6.83. The molecule has 2 aromatic carbocycles. The monoisotopic (exact) mass is 385 g/mol. The maximum Gasteiger partial charge on any atom is 0.243 e. The number of aryl methyl sites for hydroxylation is 1. The summed E-state index contributed by atoms with van der Waals surface area (Å²) in [4.78, 5) is 7.28. The molecule has 2 heterocycles. The van der Waals surface area contributed by atoms with Gasteiger partial charge in [-0.15, -0.1) is 0 Å². The van der Waals surface area contributed by atoms with E-state index in [1.165, 1.54) is 0 Å². The molecule has 4 rings (SSSR count). The number of nitrogens with zero attached hydrogens (tertiary/aromatic N) is 4. The molecular formula is C19H23N5O2S. The van der Waals surface area contributed by atoms with Crippen molar-refractivity contribution in [1.82, 2.24) is 18.8 Å². The molecule has 1 saturated heterocycles. The zero-order valence-corrected chi connectivity index (χ0v) is 16.1. The fraction of sp³-hybridized carbons (Fsp3) is 0.316. The van der Waals surface area contributed by atoms with Crippen molar-refractivity contribution in [2.45, 2.75) is 11.4 Å². The number of fused-ring (bicyclic) bond motifs is 1. The van der Waals surface area contributed by atoms with Gasteiger partial charge in [-0.3, -0.25) is 4.90 Å². The van der Waals surface area contributed by atoms with E-state index >= 15 is 0 Å². The van der Waals surface area contributed by atoms with E-state index in [9.17, 15) is 8.42 Å². The fourth-order valence-corrected chi connectivity index (χ4v) is 4.92. The van der Waals surface area contributed by atoms with Gasteiger partial charge in [0.05, 0.1) is 22.5 Å². The third kappa shape index (κ3) is 3.43. The third-order valence-electron chi connectivity index (χ3n) is 5.07. The summed E-state index contributed by atoms with van der Waals surface area (Å²) in [5.74, 6) is 0.954. The molecule has 3 aromatic rings. The number of benzene rings is 2. The predicted octanol–water partition coefficient (Wildman–Crippen LogP) is 1.66. The predicted molar refractivity (Wildman–Crippen MR) is 106 cm³/mol. The average Bonchev–Trinajstić information content (AvgIpc) is 2.97. The first-order chi connectivity index (χ1) is 12.9. The SMILES string of the molecule is Cn1c(CN2CCN(S(=O)(=O)c3ccccc3)CC2)nc2cc(N)ccc21. The Hall–Kier alpha value is -2.42. The van der Waals surface area contributed by atoms with Crippen LogP contribution in [0.15, 0.2) is 53.4 Å². The summed E-state index contributed by atoms with van der Waals surface area (Å²) in [7, 11) is -1.42. The number of anilines is 1. The highest BCUT2D eigenvalue weighted by atomic mass is 32.2. The highest BCUT2D eigenvalue weighted by Crippen LogP contribution is 2.21. The van der Waals surface area contributed by atoms with Crippen molar-refractivity contribution in [1.29, 1.82) is 0 Å². The summed E-state index contributed by atoms with van der Waals surface area (Å²) >= 11 is 0. The summed E-state index contributed by atoms with van der Waals surface area (Å²) in [6, 6.07) is 14.3. The van der Waals surface area contributed by atoms with E-state index in [2.05, 4.69) is 9.47 Å². The second kappa shape index (κ2) is 6.95. The number of nitrogen functional groups attached to an aromatic ring is 1. The van der Waals surface area contributed by atoms with Crippen LogP contribution in [-0.4, -0.2) is 53.4 Å². The van der Waals surface area contributed by atoms with Crippen molar-refractivity contribution in [2.75, 3.05) is 31.9 Å². The van der Waals surface area contributed by atoms with E-state index in [0.717, 1.165) is 16.9 Å². The van der Waals surface area contributed by atoms with E-state index in [-0.39, 0.29) is 0 Å². The second-order valence-corrected chi connectivity index (χ2v) is 8.77. The lowest BCUT2D eigenvalue weighted by Crippen LogP contribution is -2.48. The smallest absolute Gasteiger partial charge is 0.243 e. The Bertz CT molecular complexity index is 1050. The molecule has 0 unspecified atom stereocenters. The van der Waals surface area contributed by atoms with Crippen molar-refractivity contribution < 1.29 is 8.42 Å². The Morgan fingerprint density at radius 1 is 1.04 bits per heavy atom. The van der Waals surface area contributed by atoms with Gasteiger partial charge in [-0.25, -0.2) is 13.4 Å². The van der Waals surface area contributed by atoms with E-state index in [4.69, 9.17) is 10.7 Å². The van der Waals surface area contributed by atoms with Crippen LogP contribution in [0, 0.1) is 0 Å². The molecule has 0 bridgehead atoms. The number of hydrogen-bond donors (Lipinski definition) is 1. The van der Waals surface area contributed by atoms with Crippen LogP contribution < -0.4 is 5.73 Å². The quantitative estimate of drug-likeness (QED) is 0.691. The third-order valence-corrected chi connectivity index (χ3v) is 6.99. The van der Waals surface area contributed by atoms with Crippen LogP contribution in [0.1, 0.15) is 5.82 Å². The normalized spacial score (nSPS) is 16.8. The molecule has 0 aliphatic carbocycles. The average molecular weight is 385 g/mol. The lowest BCUT2D eigenvalue weighted by Gasteiger charge is -2.33. The van der Waals surface area contributed by atoms with Crippen LogP contribution in [0.4, 0.5) is 5.69 Å². The van der Waals surface area contributed by atoms with Gasteiger partial charge in [-0.1, -0.05) is 18.2 Å². The van der Waals surface area contributed by atoms with E-state index in [1.54, 1.807) is 28.6 Å². The molecule has 1 aliphatic rings. The molecule has 0 spiro atoms. The first kappa shape index (κ1) is 18.0. The Kier molecular flexibility index (Phi) is 4.63. The number of rotatable bonds is 4. The topological polar surface area (TPSA) is 84.5 Å². The Morgan fingerprint density at radius 3 is 2.44 bits per heavy atom. The van der Waals surface area contributed by atoms with Gasteiger partial charge in [0.2, 0.25) is 10.0 Å². The molecule has 1 fully saturated rings. The molecule has 0 atom stereocenters. The van der Waals surface area contributed by atoms with Gasteiger partial charge >= 0.3 is 0 Å². The van der Waals surface area contributed by atoms with Crippen molar-refractivity contribution in [3.05, 3.63) is 54.4 Å². The minimum Gasteiger partial charge on any atom is -0.399 e. The Balaban J connectivity index is 1.45. The highest BCUT2D eigenvalue weighted by molar-refractivity contribution is 7.89. The summed E-state index contributed by atoms with van der Waals surface area (Å²) in [5, 5.41) is 0. The molecule has 7 nitrogen and oxygen atoms in total. The van der Waals surface area contributed by atoms with Gasteiger partial charge in [-0.2, -0.15) is 4.31 Å². The first-order valence-corrected chi connectivity index (χ1v) is 10.4. The van der Waals surface area contributed by atoms with Crippen molar-refractivity contribution in [3.8, 4) is 0 Å². The summed E-state index contributed by atoms with van der Waals surface area (Å²) in [5.41, 5.74) is 8.48. The van der Waals surface area contributed by atoms with Gasteiger partial charge in [0, 0.05) is 38.9 Å². The zero-order chi connectivity index (χ0) is 19.0. The molecule has 1 aromatic heterocycles. The van der Waals surface area contributed by atoms with E-state index in [0.29, 0.717) is 43.3 Å². The molecule has 0 saturated carbocycles. The van der Waals surface area contributed by atoms with Crippen molar-refractivity contribution >= 4 is 26.7 Å². The maximum atomic E-state index is 12.7. The number of hydrogen-bond acceptors (Lipinski definition) is 5. The molecule has 142 valence electrons. The number of sulfonamides is 1. The van der Waals surface area contributed by atoms with Gasteiger partial charge < -0.3 is 10.3 Å². The molecule has 0 radical (unpaired) electrons. The molecule has 0 amide bonds. The molecule has 27 heavy (non-hydrogen) atoms. The van der Waals surface area contributed by atoms with E-state index < -0.39 is 10.0 Å². The van der Waals surface area contributed by atoms with Crippen LogP contribution in [0.3, 0.4) is 0 Å². The molecular weight excluding hydrogens is 362 g/mol. The lowest BCUT2D eigenvalue weighted by molar-refractivity contribution is 0.177. The maximum absolute atomic E-state index is 12.7. The molecule has 8 heteroatoms. The van der Waals surface area contributed by atoms with Crippen LogP contribution in [0.2, 0.25) is 0 Å². The van der Waals surface area contributed by atoms with Crippen LogP contribution in [0.25, 0.3) is 11.0 Å². The summed E-state index contributed by atoms with van der Waals surface area (Å²) in [6.45, 7) is 3.00. The number of piperazine rings is 1. The standard InChI is InChI=1S/C19H23N5O2S/c1-22-18-8-7-15(20)13-17(18)21-19(22)14-23-9-11-24(12-10-23)27(25,26)16-5-3-2-4-6-16/h2-8,13H,9-12,14,20H2,1H3. The summed E-state index contributed by atoms with van der Waals surface area (Å²) < 4.78 is 29.1. The van der Waals surface area contributed by atoms with E-state index in [1.807, 2.05) is 31.3 Å².